The fourth-order valence-electron chi connectivity index (χ4n) is 3.33. The average Bonchev–Trinajstić information content (AvgIpc) is 3.05. The number of thioether (sulfide) groups is 1. The first-order valence-corrected chi connectivity index (χ1v) is 9.06. The van der Waals surface area contributed by atoms with Crippen molar-refractivity contribution in [3.05, 3.63) is 29.8 Å². The van der Waals surface area contributed by atoms with E-state index in [-0.39, 0.29) is 15.9 Å². The van der Waals surface area contributed by atoms with Gasteiger partial charge in [-0.1, -0.05) is 12.8 Å². The van der Waals surface area contributed by atoms with Crippen LogP contribution in [-0.2, 0) is 6.54 Å². The monoisotopic (exact) mass is 326 g/mol. The number of nitrogens with zero attached hydrogens (tertiary/aromatic N) is 2. The van der Waals surface area contributed by atoms with Gasteiger partial charge >= 0.3 is 0 Å². The van der Waals surface area contributed by atoms with Crippen LogP contribution in [0.2, 0.25) is 0 Å². The summed E-state index contributed by atoms with van der Waals surface area (Å²) in [4.78, 5) is 4.56. The molecule has 1 aliphatic carbocycles. The minimum absolute atomic E-state index is 0.180. The Morgan fingerprint density at radius 2 is 2.14 bits per heavy atom. The Balaban J connectivity index is 2.09. The third-order valence-electron chi connectivity index (χ3n) is 4.49. The molecule has 1 heterocycles. The Bertz CT molecular complexity index is 647. The Morgan fingerprint density at radius 3 is 2.76 bits per heavy atom. The zero-order valence-corrected chi connectivity index (χ0v) is 14.0. The maximum Gasteiger partial charge on any atom is 0.127 e. The summed E-state index contributed by atoms with van der Waals surface area (Å²) in [5, 5.41) is -0.180. The van der Waals surface area contributed by atoms with E-state index >= 15 is 0 Å². The third kappa shape index (κ3) is 2.80. The number of benzene rings is 1. The van der Waals surface area contributed by atoms with Crippen molar-refractivity contribution >= 4 is 34.4 Å². The van der Waals surface area contributed by atoms with Crippen LogP contribution in [0, 0.1) is 5.82 Å². The van der Waals surface area contributed by atoms with Gasteiger partial charge in [0.2, 0.25) is 0 Å². The van der Waals surface area contributed by atoms with E-state index < -0.39 is 0 Å². The van der Waals surface area contributed by atoms with E-state index in [2.05, 4.69) is 15.8 Å². The topological polar surface area (TPSA) is 17.8 Å². The van der Waals surface area contributed by atoms with Crippen LogP contribution >= 0.6 is 23.4 Å². The largest absolute Gasteiger partial charge is 0.325 e. The van der Waals surface area contributed by atoms with Gasteiger partial charge in [0.05, 0.1) is 16.4 Å². The quantitative estimate of drug-likeness (QED) is 0.723. The lowest BCUT2D eigenvalue weighted by Gasteiger charge is -2.28. The molecule has 5 heteroatoms. The second-order valence-corrected chi connectivity index (χ2v) is 7.83. The number of aromatic nitrogens is 2. The molecular weight excluding hydrogens is 307 g/mol. The summed E-state index contributed by atoms with van der Waals surface area (Å²) in [5.74, 6) is 0.596. The highest BCUT2D eigenvalue weighted by Crippen LogP contribution is 2.42. The Morgan fingerprint density at radius 1 is 1.43 bits per heavy atom. The fraction of sp³-hybridized carbons (Fsp3) is 0.562. The zero-order valence-electron chi connectivity index (χ0n) is 12.4. The van der Waals surface area contributed by atoms with Gasteiger partial charge in [0.25, 0.3) is 0 Å². The second kappa shape index (κ2) is 5.81. The van der Waals surface area contributed by atoms with Crippen LogP contribution in [0.3, 0.4) is 0 Å². The zero-order chi connectivity index (χ0) is 15.0. The van der Waals surface area contributed by atoms with Crippen LogP contribution in [-0.4, -0.2) is 20.6 Å². The minimum Gasteiger partial charge on any atom is -0.325 e. The Labute approximate surface area is 134 Å². The molecular formula is C16H20ClFN2S. The summed E-state index contributed by atoms with van der Waals surface area (Å²) in [6.07, 6.45) is 7.21. The lowest BCUT2D eigenvalue weighted by Crippen LogP contribution is -2.27. The van der Waals surface area contributed by atoms with Gasteiger partial charge in [-0.15, -0.1) is 11.6 Å². The van der Waals surface area contributed by atoms with Crippen molar-refractivity contribution in [2.75, 3.05) is 6.26 Å². The van der Waals surface area contributed by atoms with Gasteiger partial charge < -0.3 is 4.57 Å². The molecule has 1 saturated carbocycles. The number of fused-ring (bicyclic) bond motifs is 1. The highest BCUT2D eigenvalue weighted by Gasteiger charge is 2.34. The number of hydrogen-bond donors (Lipinski definition) is 0. The smallest absolute Gasteiger partial charge is 0.127 e. The molecule has 0 saturated heterocycles. The predicted molar refractivity (Wildman–Crippen MR) is 88.7 cm³/mol. The van der Waals surface area contributed by atoms with Crippen LogP contribution in [0.4, 0.5) is 4.39 Å². The van der Waals surface area contributed by atoms with Gasteiger partial charge in [0.15, 0.2) is 0 Å². The van der Waals surface area contributed by atoms with E-state index in [9.17, 15) is 4.39 Å². The summed E-state index contributed by atoms with van der Waals surface area (Å²) in [6, 6.07) is 4.82. The molecule has 0 N–H and O–H groups in total. The van der Waals surface area contributed by atoms with Crippen LogP contribution in [0.1, 0.15) is 43.8 Å². The van der Waals surface area contributed by atoms with E-state index in [1.807, 2.05) is 24.8 Å². The summed E-state index contributed by atoms with van der Waals surface area (Å²) in [5.41, 5.74) is 1.69. The maximum absolute atomic E-state index is 13.4. The number of rotatable bonds is 4. The first-order valence-electron chi connectivity index (χ1n) is 7.39. The molecule has 0 radical (unpaired) electrons. The standard InChI is InChI=1S/C16H20ClFN2S/c1-11(17)15-19-13-9-12(18)5-6-14(13)20(15)10-16(21-2)7-3-4-8-16/h5-6,9,11H,3-4,7-8,10H2,1-2H3. The van der Waals surface area contributed by atoms with Crippen molar-refractivity contribution in [2.45, 2.75) is 49.3 Å². The molecule has 1 atom stereocenters. The molecule has 1 aliphatic rings. The first-order chi connectivity index (χ1) is 10.0. The fourth-order valence-corrected chi connectivity index (χ4v) is 4.45. The van der Waals surface area contributed by atoms with Crippen LogP contribution < -0.4 is 0 Å². The lowest BCUT2D eigenvalue weighted by atomic mass is 10.1. The molecule has 2 nitrogen and oxygen atoms in total. The van der Waals surface area contributed by atoms with Gasteiger partial charge in [-0.2, -0.15) is 11.8 Å². The van der Waals surface area contributed by atoms with Gasteiger partial charge in [-0.25, -0.2) is 9.37 Å². The Hall–Kier alpha value is -0.740. The van der Waals surface area contributed by atoms with Crippen LogP contribution in [0.25, 0.3) is 11.0 Å². The van der Waals surface area contributed by atoms with Crippen molar-refractivity contribution in [1.29, 1.82) is 0 Å². The normalized spacial score (nSPS) is 19.2. The first kappa shape index (κ1) is 15.2. The van der Waals surface area contributed by atoms with Gasteiger partial charge in [0, 0.05) is 17.4 Å². The maximum atomic E-state index is 13.4. The minimum atomic E-state index is -0.249. The second-order valence-electron chi connectivity index (χ2n) is 5.90. The van der Waals surface area contributed by atoms with Gasteiger partial charge in [-0.05, 0) is 38.2 Å². The van der Waals surface area contributed by atoms with Crippen molar-refractivity contribution in [1.82, 2.24) is 9.55 Å². The Kier molecular flexibility index (Phi) is 4.19. The molecule has 0 spiro atoms. The highest BCUT2D eigenvalue weighted by atomic mass is 35.5. The molecule has 0 aliphatic heterocycles. The van der Waals surface area contributed by atoms with Crippen LogP contribution in [0.5, 0.6) is 0 Å². The molecule has 21 heavy (non-hydrogen) atoms. The van der Waals surface area contributed by atoms with Gasteiger partial charge in [-0.3, -0.25) is 0 Å². The SMILES string of the molecule is CSC1(Cn2c(C(C)Cl)nc3cc(F)ccc32)CCCC1. The highest BCUT2D eigenvalue weighted by molar-refractivity contribution is 8.00. The van der Waals surface area contributed by atoms with Gasteiger partial charge in [0.1, 0.15) is 11.6 Å². The number of halogens is 2. The van der Waals surface area contributed by atoms with Crippen LogP contribution in [0.15, 0.2) is 18.2 Å². The summed E-state index contributed by atoms with van der Waals surface area (Å²) >= 11 is 8.25. The van der Waals surface area contributed by atoms with Crippen molar-refractivity contribution in [3.63, 3.8) is 0 Å². The van der Waals surface area contributed by atoms with E-state index in [4.69, 9.17) is 11.6 Å². The summed E-state index contributed by atoms with van der Waals surface area (Å²) in [6.45, 7) is 2.83. The third-order valence-corrected chi connectivity index (χ3v) is 6.09. The number of hydrogen-bond acceptors (Lipinski definition) is 2. The lowest BCUT2D eigenvalue weighted by molar-refractivity contribution is 0.500. The predicted octanol–water partition coefficient (Wildman–Crippen LogP) is 5.15. The molecule has 1 aromatic carbocycles. The summed E-state index contributed by atoms with van der Waals surface area (Å²) < 4.78 is 15.9. The molecule has 1 aromatic heterocycles. The van der Waals surface area contributed by atoms with Crippen molar-refractivity contribution in [2.24, 2.45) is 0 Å². The molecule has 114 valence electrons. The van der Waals surface area contributed by atoms with E-state index in [0.717, 1.165) is 17.9 Å². The van der Waals surface area contributed by atoms with Crippen molar-refractivity contribution < 1.29 is 4.39 Å². The van der Waals surface area contributed by atoms with E-state index in [0.29, 0.717) is 5.52 Å². The molecule has 0 amide bonds. The molecule has 3 rings (SSSR count). The number of alkyl halides is 1. The average molecular weight is 327 g/mol. The molecule has 1 unspecified atom stereocenters. The molecule has 1 fully saturated rings. The van der Waals surface area contributed by atoms with Crippen molar-refractivity contribution in [3.8, 4) is 0 Å². The summed E-state index contributed by atoms with van der Waals surface area (Å²) in [7, 11) is 0. The molecule has 2 aromatic rings. The van der Waals surface area contributed by atoms with E-state index in [1.165, 1.54) is 37.8 Å². The molecule has 0 bridgehead atoms. The van der Waals surface area contributed by atoms with E-state index in [1.54, 1.807) is 0 Å². The number of imidazole rings is 1.